The predicted octanol–water partition coefficient (Wildman–Crippen LogP) is 0.430. The Morgan fingerprint density at radius 2 is 1.80 bits per heavy atom. The van der Waals surface area contributed by atoms with Crippen molar-refractivity contribution in [3.8, 4) is 0 Å². The van der Waals surface area contributed by atoms with E-state index in [1.54, 1.807) is 0 Å². The van der Waals surface area contributed by atoms with Crippen molar-refractivity contribution in [3.63, 3.8) is 0 Å². The van der Waals surface area contributed by atoms with E-state index in [1.807, 2.05) is 0 Å². The van der Waals surface area contributed by atoms with Crippen molar-refractivity contribution in [2.24, 2.45) is 0 Å². The van der Waals surface area contributed by atoms with Gasteiger partial charge < -0.3 is 10.4 Å². The Morgan fingerprint density at radius 1 is 1.27 bits per heavy atom. The molecule has 4 nitrogen and oxygen atoms in total. The van der Waals surface area contributed by atoms with Gasteiger partial charge in [-0.15, -0.1) is 0 Å². The Kier molecular flexibility index (Phi) is 2.04. The molecule has 0 aliphatic carbocycles. The van der Waals surface area contributed by atoms with E-state index in [-0.39, 0.29) is 5.54 Å². The number of nitrogens with zero attached hydrogens (tertiary/aromatic N) is 1. The van der Waals surface area contributed by atoms with Gasteiger partial charge in [0.1, 0.15) is 0 Å². The van der Waals surface area contributed by atoms with E-state index < -0.39 is 5.97 Å². The second-order valence-corrected chi connectivity index (χ2v) is 5.27. The highest BCUT2D eigenvalue weighted by atomic mass is 16.4. The number of fused-ring (bicyclic) bond motifs is 2. The SMILES string of the molecule is O=C(O)CC1(N2C3CCC2CC3)CNC1. The second-order valence-electron chi connectivity index (χ2n) is 5.27. The summed E-state index contributed by atoms with van der Waals surface area (Å²) < 4.78 is 0. The number of carbonyl (C=O) groups is 1. The molecule has 3 fully saturated rings. The van der Waals surface area contributed by atoms with Gasteiger partial charge in [-0.25, -0.2) is 0 Å². The van der Waals surface area contributed by atoms with Gasteiger partial charge in [-0.05, 0) is 25.7 Å². The van der Waals surface area contributed by atoms with E-state index in [0.29, 0.717) is 18.5 Å². The van der Waals surface area contributed by atoms with Crippen LogP contribution in [0.4, 0.5) is 0 Å². The van der Waals surface area contributed by atoms with Crippen molar-refractivity contribution in [3.05, 3.63) is 0 Å². The smallest absolute Gasteiger partial charge is 0.305 e. The lowest BCUT2D eigenvalue weighted by molar-refractivity contribution is -0.142. The molecular weight excluding hydrogens is 192 g/mol. The summed E-state index contributed by atoms with van der Waals surface area (Å²) in [4.78, 5) is 13.5. The molecule has 0 aromatic heterocycles. The zero-order valence-electron chi connectivity index (χ0n) is 8.91. The standard InChI is InChI=1S/C11H18N2O2/c14-10(15)5-11(6-12-7-11)13-8-1-2-9(13)4-3-8/h8-9,12H,1-7H2,(H,14,15). The first-order valence-corrected chi connectivity index (χ1v) is 5.92. The van der Waals surface area contributed by atoms with Crippen LogP contribution in [0.25, 0.3) is 0 Å². The summed E-state index contributed by atoms with van der Waals surface area (Å²) in [5, 5.41) is 12.3. The number of carboxylic acids is 1. The van der Waals surface area contributed by atoms with Gasteiger partial charge in [-0.3, -0.25) is 9.69 Å². The molecule has 3 aliphatic rings. The maximum Gasteiger partial charge on any atom is 0.305 e. The Labute approximate surface area is 89.6 Å². The monoisotopic (exact) mass is 210 g/mol. The molecule has 0 spiro atoms. The second kappa shape index (κ2) is 3.19. The van der Waals surface area contributed by atoms with E-state index in [1.165, 1.54) is 25.7 Å². The van der Waals surface area contributed by atoms with E-state index >= 15 is 0 Å². The Morgan fingerprint density at radius 3 is 2.13 bits per heavy atom. The van der Waals surface area contributed by atoms with Gasteiger partial charge in [0.05, 0.1) is 12.0 Å². The molecule has 0 aromatic rings. The fourth-order valence-corrected chi connectivity index (χ4v) is 3.78. The van der Waals surface area contributed by atoms with Gasteiger partial charge in [0.15, 0.2) is 0 Å². The van der Waals surface area contributed by atoms with Crippen LogP contribution in [0.5, 0.6) is 0 Å². The zero-order valence-corrected chi connectivity index (χ0v) is 8.91. The van der Waals surface area contributed by atoms with Crippen LogP contribution in [0.3, 0.4) is 0 Å². The highest BCUT2D eigenvalue weighted by Gasteiger charge is 2.54. The summed E-state index contributed by atoms with van der Waals surface area (Å²) in [5.41, 5.74) is -0.0475. The third-order valence-corrected chi connectivity index (χ3v) is 4.39. The molecule has 3 heterocycles. The lowest BCUT2D eigenvalue weighted by Gasteiger charge is -2.50. The molecule has 0 unspecified atom stereocenters. The quantitative estimate of drug-likeness (QED) is 0.709. The molecule has 4 heteroatoms. The number of hydrogen-bond acceptors (Lipinski definition) is 3. The van der Waals surface area contributed by atoms with Crippen molar-refractivity contribution < 1.29 is 9.90 Å². The molecule has 0 atom stereocenters. The Hall–Kier alpha value is -0.610. The molecule has 3 rings (SSSR count). The fraction of sp³-hybridized carbons (Fsp3) is 0.909. The third kappa shape index (κ3) is 1.31. The maximum atomic E-state index is 10.9. The van der Waals surface area contributed by atoms with Crippen molar-refractivity contribution in [2.75, 3.05) is 13.1 Å². The summed E-state index contributed by atoms with van der Waals surface area (Å²) in [6.07, 6.45) is 5.45. The van der Waals surface area contributed by atoms with Gasteiger partial charge in [-0.2, -0.15) is 0 Å². The third-order valence-electron chi connectivity index (χ3n) is 4.39. The highest BCUT2D eigenvalue weighted by Crippen LogP contribution is 2.44. The molecule has 2 bridgehead atoms. The van der Waals surface area contributed by atoms with Crippen LogP contribution in [-0.4, -0.2) is 46.7 Å². The molecule has 3 saturated heterocycles. The minimum atomic E-state index is -0.650. The number of carboxylic acid groups (broad SMARTS) is 1. The first-order chi connectivity index (χ1) is 7.21. The van der Waals surface area contributed by atoms with Gasteiger partial charge >= 0.3 is 5.97 Å². The molecule has 0 amide bonds. The first kappa shape index (κ1) is 9.60. The number of nitrogens with one attached hydrogen (secondary N) is 1. The van der Waals surface area contributed by atoms with E-state index in [2.05, 4.69) is 10.2 Å². The molecule has 3 aliphatic heterocycles. The molecule has 0 radical (unpaired) electrons. The lowest BCUT2D eigenvalue weighted by Crippen LogP contribution is -2.70. The molecule has 0 saturated carbocycles. The largest absolute Gasteiger partial charge is 0.481 e. The average Bonchev–Trinajstić information content (AvgIpc) is 2.70. The van der Waals surface area contributed by atoms with Crippen LogP contribution in [0, 0.1) is 0 Å². The molecular formula is C11H18N2O2. The summed E-state index contributed by atoms with van der Waals surface area (Å²) in [5.74, 6) is -0.650. The van der Waals surface area contributed by atoms with Gasteiger partial charge in [0.2, 0.25) is 0 Å². The average molecular weight is 210 g/mol. The van der Waals surface area contributed by atoms with Gasteiger partial charge in [0, 0.05) is 25.2 Å². The van der Waals surface area contributed by atoms with Crippen molar-refractivity contribution in [1.29, 1.82) is 0 Å². The topological polar surface area (TPSA) is 52.6 Å². The number of aliphatic carboxylic acids is 1. The highest BCUT2D eigenvalue weighted by molar-refractivity contribution is 5.69. The van der Waals surface area contributed by atoms with E-state index in [4.69, 9.17) is 5.11 Å². The summed E-state index contributed by atoms with van der Waals surface area (Å²) >= 11 is 0. The first-order valence-electron chi connectivity index (χ1n) is 5.92. The zero-order chi connectivity index (χ0) is 10.5. The van der Waals surface area contributed by atoms with Crippen LogP contribution in [0.1, 0.15) is 32.1 Å². The van der Waals surface area contributed by atoms with Crippen molar-refractivity contribution >= 4 is 5.97 Å². The van der Waals surface area contributed by atoms with Gasteiger partial charge in [0.25, 0.3) is 0 Å². The van der Waals surface area contributed by atoms with Crippen LogP contribution in [0.15, 0.2) is 0 Å². The van der Waals surface area contributed by atoms with Crippen molar-refractivity contribution in [2.45, 2.75) is 49.7 Å². The number of hydrogen-bond donors (Lipinski definition) is 2. The summed E-state index contributed by atoms with van der Waals surface area (Å²) in [6, 6.07) is 1.35. The molecule has 2 N–H and O–H groups in total. The molecule has 0 aromatic carbocycles. The maximum absolute atomic E-state index is 10.9. The Bertz CT molecular complexity index is 268. The van der Waals surface area contributed by atoms with Crippen LogP contribution in [0.2, 0.25) is 0 Å². The number of rotatable bonds is 3. The lowest BCUT2D eigenvalue weighted by atomic mass is 9.86. The van der Waals surface area contributed by atoms with Crippen LogP contribution < -0.4 is 5.32 Å². The van der Waals surface area contributed by atoms with E-state index in [9.17, 15) is 4.79 Å². The van der Waals surface area contributed by atoms with E-state index in [0.717, 1.165) is 13.1 Å². The van der Waals surface area contributed by atoms with Crippen molar-refractivity contribution in [1.82, 2.24) is 10.2 Å². The summed E-state index contributed by atoms with van der Waals surface area (Å²) in [7, 11) is 0. The van der Waals surface area contributed by atoms with Gasteiger partial charge in [-0.1, -0.05) is 0 Å². The van der Waals surface area contributed by atoms with Crippen LogP contribution in [-0.2, 0) is 4.79 Å². The minimum Gasteiger partial charge on any atom is -0.481 e. The fourth-order valence-electron chi connectivity index (χ4n) is 3.78. The minimum absolute atomic E-state index is 0.0475. The predicted molar refractivity (Wildman–Crippen MR) is 55.7 cm³/mol. The Balaban J connectivity index is 1.81. The summed E-state index contributed by atoms with van der Waals surface area (Å²) in [6.45, 7) is 1.73. The molecule has 15 heavy (non-hydrogen) atoms. The van der Waals surface area contributed by atoms with Crippen LogP contribution >= 0.6 is 0 Å². The normalized spacial score (nSPS) is 37.9. The molecule has 84 valence electrons.